The molecule has 4 aromatic rings. The summed E-state index contributed by atoms with van der Waals surface area (Å²) in [4.78, 5) is 8.74. The minimum atomic E-state index is 0.664. The molecule has 0 radical (unpaired) electrons. The van der Waals surface area contributed by atoms with Gasteiger partial charge in [0, 0.05) is 24.8 Å². The normalized spacial score (nSPS) is 10.7. The van der Waals surface area contributed by atoms with E-state index in [-0.39, 0.29) is 0 Å². The Hall–Kier alpha value is -3.28. The fraction of sp³-hybridized carbons (Fsp3) is 0. The smallest absolute Gasteiger partial charge is 0.202 e. The third-order valence-electron chi connectivity index (χ3n) is 3.25. The van der Waals surface area contributed by atoms with Crippen molar-refractivity contribution in [2.75, 3.05) is 0 Å². The molecule has 106 valence electrons. The topological polar surface area (TPSA) is 61.4 Å². The molecule has 0 saturated carbocycles. The SMILES string of the molecule is c1ccc(-c2nnc(-c3ccccn3)n2-n2cccc2)nc1. The van der Waals surface area contributed by atoms with E-state index in [0.29, 0.717) is 11.6 Å². The van der Waals surface area contributed by atoms with Crippen LogP contribution in [-0.2, 0) is 0 Å². The molecule has 0 N–H and O–H groups in total. The van der Waals surface area contributed by atoms with Gasteiger partial charge in [-0.15, -0.1) is 10.2 Å². The largest absolute Gasteiger partial charge is 0.261 e. The molecule has 0 atom stereocenters. The van der Waals surface area contributed by atoms with Crippen LogP contribution in [0.4, 0.5) is 0 Å². The number of nitrogens with zero attached hydrogens (tertiary/aromatic N) is 6. The van der Waals surface area contributed by atoms with Gasteiger partial charge < -0.3 is 0 Å². The van der Waals surface area contributed by atoms with E-state index in [1.54, 1.807) is 12.4 Å². The van der Waals surface area contributed by atoms with Crippen molar-refractivity contribution in [2.24, 2.45) is 0 Å². The van der Waals surface area contributed by atoms with E-state index in [1.165, 1.54) is 0 Å². The molecule has 0 saturated heterocycles. The number of aromatic nitrogens is 6. The van der Waals surface area contributed by atoms with Gasteiger partial charge in [0.15, 0.2) is 0 Å². The molecule has 0 aliphatic heterocycles. The first-order valence-corrected chi connectivity index (χ1v) is 6.85. The highest BCUT2D eigenvalue weighted by molar-refractivity contribution is 5.57. The van der Waals surface area contributed by atoms with E-state index in [2.05, 4.69) is 20.2 Å². The van der Waals surface area contributed by atoms with Crippen LogP contribution < -0.4 is 0 Å². The third-order valence-corrected chi connectivity index (χ3v) is 3.25. The van der Waals surface area contributed by atoms with E-state index >= 15 is 0 Å². The van der Waals surface area contributed by atoms with Crippen LogP contribution in [0.5, 0.6) is 0 Å². The molecule has 0 aliphatic rings. The van der Waals surface area contributed by atoms with Crippen molar-refractivity contribution in [3.63, 3.8) is 0 Å². The first-order valence-electron chi connectivity index (χ1n) is 6.85. The molecule has 0 unspecified atom stereocenters. The zero-order valence-corrected chi connectivity index (χ0v) is 11.6. The third kappa shape index (κ3) is 2.07. The minimum absolute atomic E-state index is 0.664. The Morgan fingerprint density at radius 2 is 1.18 bits per heavy atom. The van der Waals surface area contributed by atoms with Gasteiger partial charge in [-0.2, -0.15) is 0 Å². The van der Waals surface area contributed by atoms with Crippen molar-refractivity contribution in [1.82, 2.24) is 29.5 Å². The highest BCUT2D eigenvalue weighted by atomic mass is 15.5. The molecular formula is C16H12N6. The second-order valence-electron chi connectivity index (χ2n) is 4.65. The number of hydrogen-bond acceptors (Lipinski definition) is 4. The Bertz CT molecular complexity index is 809. The van der Waals surface area contributed by atoms with Gasteiger partial charge in [0.2, 0.25) is 11.6 Å². The lowest BCUT2D eigenvalue weighted by molar-refractivity contribution is 0.672. The summed E-state index contributed by atoms with van der Waals surface area (Å²) in [5.41, 5.74) is 1.51. The van der Waals surface area contributed by atoms with Gasteiger partial charge in [0.25, 0.3) is 0 Å². The Balaban J connectivity index is 1.96. The average molecular weight is 288 g/mol. The van der Waals surface area contributed by atoms with Gasteiger partial charge in [-0.25, -0.2) is 4.68 Å². The van der Waals surface area contributed by atoms with Crippen LogP contribution >= 0.6 is 0 Å². The molecule has 4 heterocycles. The highest BCUT2D eigenvalue weighted by Gasteiger charge is 2.17. The molecule has 0 amide bonds. The lowest BCUT2D eigenvalue weighted by atomic mass is 10.3. The number of rotatable bonds is 3. The summed E-state index contributed by atoms with van der Waals surface area (Å²) < 4.78 is 3.80. The number of pyridine rings is 2. The summed E-state index contributed by atoms with van der Waals surface area (Å²) in [5.74, 6) is 1.33. The second kappa shape index (κ2) is 5.25. The number of hydrogen-bond donors (Lipinski definition) is 0. The standard InChI is InChI=1S/C16H12N6/c1-3-9-17-13(7-1)15-19-20-16(14-8-2-4-10-18-14)22(15)21-11-5-6-12-21/h1-12H. The molecule has 6 heteroatoms. The van der Waals surface area contributed by atoms with Crippen LogP contribution in [0.3, 0.4) is 0 Å². The molecule has 4 rings (SSSR count). The van der Waals surface area contributed by atoms with Crippen molar-refractivity contribution < 1.29 is 0 Å². The molecular weight excluding hydrogens is 276 g/mol. The van der Waals surface area contributed by atoms with E-state index in [0.717, 1.165) is 11.4 Å². The summed E-state index contributed by atoms with van der Waals surface area (Å²) in [5, 5.41) is 8.62. The Morgan fingerprint density at radius 3 is 1.64 bits per heavy atom. The predicted octanol–water partition coefficient (Wildman–Crippen LogP) is 2.51. The van der Waals surface area contributed by atoms with Crippen LogP contribution in [0.15, 0.2) is 73.3 Å². The van der Waals surface area contributed by atoms with Gasteiger partial charge in [0.1, 0.15) is 11.4 Å². The van der Waals surface area contributed by atoms with Crippen molar-refractivity contribution in [3.8, 4) is 23.0 Å². The summed E-state index contributed by atoms with van der Waals surface area (Å²) >= 11 is 0. The van der Waals surface area contributed by atoms with E-state index in [9.17, 15) is 0 Å². The van der Waals surface area contributed by atoms with E-state index < -0.39 is 0 Å². The Kier molecular flexibility index (Phi) is 2.97. The lowest BCUT2D eigenvalue weighted by Crippen LogP contribution is -2.11. The molecule has 0 aromatic carbocycles. The maximum Gasteiger partial charge on any atom is 0.202 e. The molecule has 4 aromatic heterocycles. The molecule has 0 spiro atoms. The summed E-state index contributed by atoms with van der Waals surface area (Å²) in [6.07, 6.45) is 7.35. The maximum atomic E-state index is 4.37. The van der Waals surface area contributed by atoms with Gasteiger partial charge >= 0.3 is 0 Å². The van der Waals surface area contributed by atoms with Crippen LogP contribution in [0.1, 0.15) is 0 Å². The minimum Gasteiger partial charge on any atom is -0.261 e. The monoisotopic (exact) mass is 288 g/mol. The lowest BCUT2D eigenvalue weighted by Gasteiger charge is -2.10. The quantitative estimate of drug-likeness (QED) is 0.581. The van der Waals surface area contributed by atoms with Crippen molar-refractivity contribution in [1.29, 1.82) is 0 Å². The fourth-order valence-electron chi connectivity index (χ4n) is 2.27. The van der Waals surface area contributed by atoms with Crippen molar-refractivity contribution >= 4 is 0 Å². The molecule has 0 aliphatic carbocycles. The van der Waals surface area contributed by atoms with Crippen LogP contribution in [0, 0.1) is 0 Å². The zero-order valence-electron chi connectivity index (χ0n) is 11.6. The van der Waals surface area contributed by atoms with E-state index in [1.807, 2.05) is 70.3 Å². The summed E-state index contributed by atoms with van der Waals surface area (Å²) in [7, 11) is 0. The summed E-state index contributed by atoms with van der Waals surface area (Å²) in [6, 6.07) is 15.3. The molecule has 22 heavy (non-hydrogen) atoms. The molecule has 0 bridgehead atoms. The van der Waals surface area contributed by atoms with Crippen LogP contribution in [0.2, 0.25) is 0 Å². The second-order valence-corrected chi connectivity index (χ2v) is 4.65. The fourth-order valence-corrected chi connectivity index (χ4v) is 2.27. The highest BCUT2D eigenvalue weighted by Crippen LogP contribution is 2.22. The van der Waals surface area contributed by atoms with Crippen LogP contribution in [0.25, 0.3) is 23.0 Å². The van der Waals surface area contributed by atoms with Gasteiger partial charge in [-0.3, -0.25) is 14.6 Å². The Labute approximate surface area is 126 Å². The Morgan fingerprint density at radius 1 is 0.636 bits per heavy atom. The predicted molar refractivity (Wildman–Crippen MR) is 81.7 cm³/mol. The molecule has 0 fully saturated rings. The van der Waals surface area contributed by atoms with E-state index in [4.69, 9.17) is 0 Å². The zero-order chi connectivity index (χ0) is 14.8. The first kappa shape index (κ1) is 12.5. The molecule has 6 nitrogen and oxygen atoms in total. The van der Waals surface area contributed by atoms with Gasteiger partial charge in [-0.1, -0.05) is 12.1 Å². The van der Waals surface area contributed by atoms with Crippen molar-refractivity contribution in [2.45, 2.75) is 0 Å². The van der Waals surface area contributed by atoms with Crippen LogP contribution in [-0.4, -0.2) is 29.5 Å². The average Bonchev–Trinajstić information content (AvgIpc) is 3.25. The maximum absolute atomic E-state index is 4.37. The van der Waals surface area contributed by atoms with Crippen molar-refractivity contribution in [3.05, 3.63) is 73.3 Å². The van der Waals surface area contributed by atoms with Gasteiger partial charge in [-0.05, 0) is 36.4 Å². The first-order chi connectivity index (χ1) is 10.9. The van der Waals surface area contributed by atoms with Gasteiger partial charge in [0.05, 0.1) is 0 Å². The summed E-state index contributed by atoms with van der Waals surface area (Å²) in [6.45, 7) is 0.